The molecule has 0 spiro atoms. The summed E-state index contributed by atoms with van der Waals surface area (Å²) in [6, 6.07) is 11.9. The van der Waals surface area contributed by atoms with Crippen LogP contribution in [0.1, 0.15) is 10.4 Å². The smallest absolute Gasteiger partial charge is 0.261 e. The van der Waals surface area contributed by atoms with Crippen molar-refractivity contribution in [2.75, 3.05) is 0 Å². The molecule has 0 heterocycles. The van der Waals surface area contributed by atoms with Crippen LogP contribution in [0.25, 0.3) is 0 Å². The van der Waals surface area contributed by atoms with E-state index in [0.717, 1.165) is 0 Å². The third-order valence-corrected chi connectivity index (χ3v) is 4.01. The van der Waals surface area contributed by atoms with Crippen molar-refractivity contribution in [1.29, 1.82) is 0 Å². The highest BCUT2D eigenvalue weighted by Gasteiger charge is 2.09. The van der Waals surface area contributed by atoms with E-state index in [9.17, 15) is 13.2 Å². The molecule has 104 valence electrons. The first kappa shape index (κ1) is 14.8. The van der Waals surface area contributed by atoms with Gasteiger partial charge in [0.05, 0.1) is 4.90 Å². The lowest BCUT2D eigenvalue weighted by molar-refractivity contribution is 0.108. The van der Waals surface area contributed by atoms with Crippen LogP contribution in [-0.2, 0) is 9.05 Å². The third kappa shape index (κ3) is 3.72. The number of rotatable bonds is 4. The SMILES string of the molecule is O=C(Cl)c1ccc(Oc2ccc(S(=O)(=O)Cl)cc2)cc1. The molecule has 2 aromatic carbocycles. The number of benzene rings is 2. The molecule has 0 aliphatic rings. The molecule has 0 aromatic heterocycles. The van der Waals surface area contributed by atoms with Gasteiger partial charge in [-0.25, -0.2) is 8.42 Å². The van der Waals surface area contributed by atoms with Crippen molar-refractivity contribution < 1.29 is 17.9 Å². The minimum atomic E-state index is -3.74. The number of halogens is 2. The maximum Gasteiger partial charge on any atom is 0.261 e. The van der Waals surface area contributed by atoms with E-state index in [2.05, 4.69) is 0 Å². The third-order valence-electron chi connectivity index (χ3n) is 2.42. The number of carbonyl (C=O) groups excluding carboxylic acids is 1. The minimum absolute atomic E-state index is 0.00500. The number of hydrogen-bond donors (Lipinski definition) is 0. The van der Waals surface area contributed by atoms with Crippen molar-refractivity contribution in [1.82, 2.24) is 0 Å². The minimum Gasteiger partial charge on any atom is -0.457 e. The van der Waals surface area contributed by atoms with E-state index < -0.39 is 14.3 Å². The van der Waals surface area contributed by atoms with E-state index in [1.54, 1.807) is 12.1 Å². The second-order valence-corrected chi connectivity index (χ2v) is 6.72. The second kappa shape index (κ2) is 5.83. The van der Waals surface area contributed by atoms with Crippen LogP contribution in [-0.4, -0.2) is 13.7 Å². The summed E-state index contributed by atoms with van der Waals surface area (Å²) in [6.07, 6.45) is 0. The van der Waals surface area contributed by atoms with Crippen LogP contribution < -0.4 is 4.74 Å². The first-order valence-corrected chi connectivity index (χ1v) is 8.07. The molecule has 0 aliphatic heterocycles. The molecule has 0 saturated heterocycles. The van der Waals surface area contributed by atoms with Gasteiger partial charge in [0.15, 0.2) is 0 Å². The zero-order valence-electron chi connectivity index (χ0n) is 9.92. The highest BCUT2D eigenvalue weighted by Crippen LogP contribution is 2.24. The zero-order chi connectivity index (χ0) is 14.8. The molecule has 0 aliphatic carbocycles. The predicted molar refractivity (Wildman–Crippen MR) is 76.2 cm³/mol. The first-order valence-electron chi connectivity index (χ1n) is 5.39. The summed E-state index contributed by atoms with van der Waals surface area (Å²) in [5.41, 5.74) is 0.364. The quantitative estimate of drug-likeness (QED) is 0.800. The topological polar surface area (TPSA) is 60.4 Å². The predicted octanol–water partition coefficient (Wildman–Crippen LogP) is 3.79. The van der Waals surface area contributed by atoms with Crippen molar-refractivity contribution in [3.63, 3.8) is 0 Å². The highest BCUT2D eigenvalue weighted by molar-refractivity contribution is 8.13. The van der Waals surface area contributed by atoms with Gasteiger partial charge in [0.25, 0.3) is 14.3 Å². The van der Waals surface area contributed by atoms with Gasteiger partial charge in [-0.3, -0.25) is 4.79 Å². The summed E-state index contributed by atoms with van der Waals surface area (Å²) in [6.45, 7) is 0. The largest absolute Gasteiger partial charge is 0.457 e. The van der Waals surface area contributed by atoms with E-state index in [-0.39, 0.29) is 4.90 Å². The molecule has 0 fully saturated rings. The molecule has 20 heavy (non-hydrogen) atoms. The lowest BCUT2D eigenvalue weighted by atomic mass is 10.2. The second-order valence-electron chi connectivity index (χ2n) is 3.81. The van der Waals surface area contributed by atoms with Gasteiger partial charge in [0.1, 0.15) is 11.5 Å². The van der Waals surface area contributed by atoms with Gasteiger partial charge in [0.2, 0.25) is 0 Å². The average Bonchev–Trinajstić information content (AvgIpc) is 2.39. The van der Waals surface area contributed by atoms with Crippen molar-refractivity contribution in [3.05, 3.63) is 54.1 Å². The lowest BCUT2D eigenvalue weighted by Crippen LogP contribution is -1.91. The highest BCUT2D eigenvalue weighted by atomic mass is 35.7. The van der Waals surface area contributed by atoms with Gasteiger partial charge in [-0.1, -0.05) is 0 Å². The Hall–Kier alpha value is -1.56. The van der Waals surface area contributed by atoms with Gasteiger partial charge >= 0.3 is 0 Å². The Morgan fingerprint density at radius 1 is 0.900 bits per heavy atom. The van der Waals surface area contributed by atoms with Gasteiger partial charge in [-0.2, -0.15) is 0 Å². The average molecular weight is 331 g/mol. The summed E-state index contributed by atoms with van der Waals surface area (Å²) in [7, 11) is 1.46. The monoisotopic (exact) mass is 330 g/mol. The molecule has 2 aromatic rings. The molecule has 0 amide bonds. The summed E-state index contributed by atoms with van der Waals surface area (Å²) in [5.74, 6) is 0.937. The number of carbonyl (C=O) groups is 1. The van der Waals surface area contributed by atoms with E-state index in [1.165, 1.54) is 36.4 Å². The van der Waals surface area contributed by atoms with Crippen LogP contribution in [0, 0.1) is 0 Å². The Bertz CT molecular complexity index is 722. The Balaban J connectivity index is 2.16. The summed E-state index contributed by atoms with van der Waals surface area (Å²) < 4.78 is 27.7. The van der Waals surface area contributed by atoms with Crippen LogP contribution in [0.5, 0.6) is 11.5 Å². The molecule has 0 saturated carbocycles. The van der Waals surface area contributed by atoms with Crippen LogP contribution in [0.15, 0.2) is 53.4 Å². The number of hydrogen-bond acceptors (Lipinski definition) is 4. The zero-order valence-corrected chi connectivity index (χ0v) is 12.2. The fourth-order valence-electron chi connectivity index (χ4n) is 1.46. The van der Waals surface area contributed by atoms with Crippen LogP contribution in [0.4, 0.5) is 0 Å². The Labute approximate surface area is 125 Å². The van der Waals surface area contributed by atoms with Gasteiger partial charge in [0, 0.05) is 16.2 Å². The fraction of sp³-hybridized carbons (Fsp3) is 0. The lowest BCUT2D eigenvalue weighted by Gasteiger charge is -2.06. The molecule has 2 rings (SSSR count). The van der Waals surface area contributed by atoms with Crippen molar-refractivity contribution in [2.24, 2.45) is 0 Å². The normalized spacial score (nSPS) is 11.1. The molecule has 0 N–H and O–H groups in total. The molecule has 0 unspecified atom stereocenters. The van der Waals surface area contributed by atoms with Crippen molar-refractivity contribution >= 4 is 36.6 Å². The maximum absolute atomic E-state index is 11.1. The van der Waals surface area contributed by atoms with E-state index >= 15 is 0 Å². The van der Waals surface area contributed by atoms with Crippen molar-refractivity contribution in [3.8, 4) is 11.5 Å². The molecule has 0 bridgehead atoms. The first-order chi connectivity index (χ1) is 9.36. The molecule has 4 nitrogen and oxygen atoms in total. The number of ether oxygens (including phenoxy) is 1. The molecule has 0 atom stereocenters. The van der Waals surface area contributed by atoms with Gasteiger partial charge < -0.3 is 4.74 Å². The molecule has 7 heteroatoms. The fourth-order valence-corrected chi connectivity index (χ4v) is 2.36. The van der Waals surface area contributed by atoms with E-state index in [1.807, 2.05) is 0 Å². The summed E-state index contributed by atoms with van der Waals surface area (Å²) >= 11 is 5.33. The van der Waals surface area contributed by atoms with E-state index in [0.29, 0.717) is 17.1 Å². The van der Waals surface area contributed by atoms with E-state index in [4.69, 9.17) is 27.0 Å². The van der Waals surface area contributed by atoms with Crippen LogP contribution >= 0.6 is 22.3 Å². The van der Waals surface area contributed by atoms with Gasteiger partial charge in [-0.15, -0.1) is 0 Å². The van der Waals surface area contributed by atoms with Crippen LogP contribution in [0.3, 0.4) is 0 Å². The summed E-state index contributed by atoms with van der Waals surface area (Å²) in [5, 5.41) is -0.548. The Morgan fingerprint density at radius 3 is 1.75 bits per heavy atom. The maximum atomic E-state index is 11.1. The molecular weight excluding hydrogens is 323 g/mol. The van der Waals surface area contributed by atoms with Gasteiger partial charge in [-0.05, 0) is 60.1 Å². The Morgan fingerprint density at radius 2 is 1.35 bits per heavy atom. The standard InChI is InChI=1S/C13H8Cl2O4S/c14-13(16)9-1-3-10(4-2-9)19-11-5-7-12(8-6-11)20(15,17)18/h1-8H. The molecular formula is C13H8Cl2O4S. The van der Waals surface area contributed by atoms with Crippen LogP contribution in [0.2, 0.25) is 0 Å². The summed E-state index contributed by atoms with van der Waals surface area (Å²) in [4.78, 5) is 10.9. The van der Waals surface area contributed by atoms with Crippen molar-refractivity contribution in [2.45, 2.75) is 4.90 Å². The Kier molecular flexibility index (Phi) is 4.32. The molecule has 0 radical (unpaired) electrons.